The van der Waals surface area contributed by atoms with Crippen molar-refractivity contribution in [2.24, 2.45) is 0 Å². The summed E-state index contributed by atoms with van der Waals surface area (Å²) in [5, 5.41) is 0.443. The molecule has 1 heterocycles. The molecule has 6 heteroatoms. The van der Waals surface area contributed by atoms with E-state index in [1.807, 2.05) is 22.6 Å². The zero-order chi connectivity index (χ0) is 9.30. The number of carbonyl (C=O) groups excluding carboxylic acids is 1. The number of esters is 1. The van der Waals surface area contributed by atoms with Crippen molar-refractivity contribution in [3.63, 3.8) is 0 Å². The maximum absolute atomic E-state index is 11.0. The first-order valence-corrected chi connectivity index (χ1v) is 4.43. The van der Waals surface area contributed by atoms with E-state index in [0.29, 0.717) is 8.72 Å². The number of hydrogen-bond donors (Lipinski definition) is 1. The topological polar surface area (TPSA) is 57.2 Å². The molecule has 66 valence electrons. The molecule has 0 aromatic carbocycles. The molecular formula is C6H6ClIN2O2. The summed E-state index contributed by atoms with van der Waals surface area (Å²) < 4.78 is 6.28. The highest BCUT2D eigenvalue weighted by Crippen LogP contribution is 2.21. The van der Waals surface area contributed by atoms with Gasteiger partial charge in [-0.2, -0.15) is 0 Å². The van der Waals surface area contributed by atoms with Crippen LogP contribution >= 0.6 is 34.2 Å². The Balaban J connectivity index is 3.17. The molecule has 0 amide bonds. The van der Waals surface area contributed by atoms with Gasteiger partial charge in [0.2, 0.25) is 0 Å². The smallest absolute Gasteiger partial charge is 0.356 e. The number of nitrogens with zero attached hydrogens (tertiary/aromatic N) is 1. The average molecular weight is 300 g/mol. The summed E-state index contributed by atoms with van der Waals surface area (Å²) in [5.74, 6) is 5.01. The first kappa shape index (κ1) is 9.66. The molecule has 0 aliphatic heterocycles. The van der Waals surface area contributed by atoms with Gasteiger partial charge in [0.05, 0.1) is 12.1 Å². The average Bonchev–Trinajstić information content (AvgIpc) is 2.32. The van der Waals surface area contributed by atoms with Crippen LogP contribution in [0.5, 0.6) is 0 Å². The molecule has 0 radical (unpaired) electrons. The second kappa shape index (κ2) is 3.53. The second-order valence-electron chi connectivity index (χ2n) is 2.03. The third kappa shape index (κ3) is 1.51. The van der Waals surface area contributed by atoms with Gasteiger partial charge in [-0.05, 0) is 28.7 Å². The molecule has 0 aliphatic carbocycles. The van der Waals surface area contributed by atoms with E-state index in [9.17, 15) is 4.79 Å². The number of nitrogen functional groups attached to an aromatic ring is 1. The molecule has 1 rings (SSSR count). The van der Waals surface area contributed by atoms with E-state index in [4.69, 9.17) is 17.4 Å². The van der Waals surface area contributed by atoms with E-state index in [2.05, 4.69) is 4.74 Å². The van der Waals surface area contributed by atoms with E-state index >= 15 is 0 Å². The van der Waals surface area contributed by atoms with Gasteiger partial charge in [0.1, 0.15) is 9.39 Å². The summed E-state index contributed by atoms with van der Waals surface area (Å²) in [6.07, 6.45) is 0. The number of nitrogens with two attached hydrogens (primary N) is 1. The molecule has 0 saturated heterocycles. The fourth-order valence-corrected chi connectivity index (χ4v) is 1.34. The number of hydrogen-bond acceptors (Lipinski definition) is 3. The Morgan fingerprint density at radius 3 is 2.75 bits per heavy atom. The van der Waals surface area contributed by atoms with Gasteiger partial charge in [0.15, 0.2) is 0 Å². The van der Waals surface area contributed by atoms with Gasteiger partial charge in [-0.1, -0.05) is 11.6 Å². The normalized spacial score (nSPS) is 9.92. The summed E-state index contributed by atoms with van der Waals surface area (Å²) in [4.78, 5) is 11.0. The summed E-state index contributed by atoms with van der Waals surface area (Å²) in [6, 6.07) is 1.47. The van der Waals surface area contributed by atoms with Crippen LogP contribution in [0.4, 0.5) is 0 Å². The van der Waals surface area contributed by atoms with Crippen LogP contribution in [0.25, 0.3) is 0 Å². The van der Waals surface area contributed by atoms with Crippen molar-refractivity contribution in [2.45, 2.75) is 0 Å². The third-order valence-electron chi connectivity index (χ3n) is 1.33. The minimum absolute atomic E-state index is 0.243. The molecule has 4 nitrogen and oxygen atoms in total. The molecule has 12 heavy (non-hydrogen) atoms. The third-order valence-corrected chi connectivity index (χ3v) is 3.03. The quantitative estimate of drug-likeness (QED) is 0.482. The van der Waals surface area contributed by atoms with Gasteiger partial charge in [-0.15, -0.1) is 0 Å². The molecule has 2 N–H and O–H groups in total. The summed E-state index contributed by atoms with van der Waals surface area (Å²) in [7, 11) is 1.29. The summed E-state index contributed by atoms with van der Waals surface area (Å²) in [5.41, 5.74) is 0.243. The van der Waals surface area contributed by atoms with Gasteiger partial charge in [-0.25, -0.2) is 9.47 Å². The number of rotatable bonds is 1. The Labute approximate surface area is 87.7 Å². The van der Waals surface area contributed by atoms with Crippen LogP contribution < -0.4 is 5.84 Å². The highest BCUT2D eigenvalue weighted by atomic mass is 127. The number of ether oxygens (including phenoxy) is 1. The molecule has 0 spiro atoms. The van der Waals surface area contributed by atoms with Crippen LogP contribution in [0.2, 0.25) is 5.02 Å². The van der Waals surface area contributed by atoms with Crippen molar-refractivity contribution in [2.75, 3.05) is 13.0 Å². The van der Waals surface area contributed by atoms with E-state index in [1.54, 1.807) is 0 Å². The first-order chi connectivity index (χ1) is 5.57. The number of methoxy groups -OCH3 is 1. The van der Waals surface area contributed by atoms with Crippen molar-refractivity contribution in [1.82, 2.24) is 4.68 Å². The maximum Gasteiger partial charge on any atom is 0.356 e. The second-order valence-corrected chi connectivity index (χ2v) is 3.46. The highest BCUT2D eigenvalue weighted by Gasteiger charge is 2.15. The molecule has 0 unspecified atom stereocenters. The van der Waals surface area contributed by atoms with Gasteiger partial charge < -0.3 is 10.6 Å². The lowest BCUT2D eigenvalue weighted by molar-refractivity contribution is 0.0590. The van der Waals surface area contributed by atoms with E-state index < -0.39 is 5.97 Å². The zero-order valence-corrected chi connectivity index (χ0v) is 9.09. The monoisotopic (exact) mass is 300 g/mol. The van der Waals surface area contributed by atoms with Crippen molar-refractivity contribution < 1.29 is 9.53 Å². The largest absolute Gasteiger partial charge is 0.464 e. The Morgan fingerprint density at radius 1 is 1.83 bits per heavy atom. The van der Waals surface area contributed by atoms with Crippen LogP contribution in [0.15, 0.2) is 6.07 Å². The minimum Gasteiger partial charge on any atom is -0.464 e. The van der Waals surface area contributed by atoms with Crippen molar-refractivity contribution in [1.29, 1.82) is 0 Å². The van der Waals surface area contributed by atoms with Crippen molar-refractivity contribution in [3.8, 4) is 0 Å². The van der Waals surface area contributed by atoms with Crippen molar-refractivity contribution >= 4 is 40.2 Å². The molecular weight excluding hydrogens is 294 g/mol. The predicted molar refractivity (Wildman–Crippen MR) is 53.6 cm³/mol. The lowest BCUT2D eigenvalue weighted by atomic mass is 10.4. The Kier molecular flexibility index (Phi) is 2.84. The zero-order valence-electron chi connectivity index (χ0n) is 6.17. The number of halogens is 2. The number of carbonyl (C=O) groups is 1. The maximum atomic E-state index is 11.0. The predicted octanol–water partition coefficient (Wildman–Crippen LogP) is 1.25. The fraction of sp³-hybridized carbons (Fsp3) is 0.167. The molecule has 0 atom stereocenters. The van der Waals surface area contributed by atoms with Crippen molar-refractivity contribution in [3.05, 3.63) is 20.5 Å². The molecule has 1 aromatic rings. The van der Waals surface area contributed by atoms with Gasteiger partial charge in [0.25, 0.3) is 0 Å². The van der Waals surface area contributed by atoms with E-state index in [-0.39, 0.29) is 5.69 Å². The van der Waals surface area contributed by atoms with Crippen LogP contribution in [-0.4, -0.2) is 17.8 Å². The molecule has 0 aliphatic rings. The van der Waals surface area contributed by atoms with Gasteiger partial charge in [-0.3, -0.25) is 0 Å². The van der Waals surface area contributed by atoms with E-state index in [0.717, 1.165) is 0 Å². The number of aromatic nitrogens is 1. The van der Waals surface area contributed by atoms with E-state index in [1.165, 1.54) is 17.9 Å². The lowest BCUT2D eigenvalue weighted by Crippen LogP contribution is -2.18. The van der Waals surface area contributed by atoms with Gasteiger partial charge in [0, 0.05) is 0 Å². The van der Waals surface area contributed by atoms with Crippen LogP contribution in [0, 0.1) is 3.70 Å². The minimum atomic E-state index is -0.498. The van der Waals surface area contributed by atoms with Crippen LogP contribution in [-0.2, 0) is 4.74 Å². The lowest BCUT2D eigenvalue weighted by Gasteiger charge is -2.00. The molecule has 1 aromatic heterocycles. The standard InChI is InChI=1S/C6H6ClIN2O2/c1-12-6(11)4-2-3(7)5(8)10(4)9/h2H,9H2,1H3. The summed E-state index contributed by atoms with van der Waals surface area (Å²) >= 11 is 7.66. The molecule has 0 fully saturated rings. The molecule has 0 saturated carbocycles. The Bertz CT molecular complexity index is 324. The van der Waals surface area contributed by atoms with Crippen LogP contribution in [0.3, 0.4) is 0 Å². The first-order valence-electron chi connectivity index (χ1n) is 2.98. The van der Waals surface area contributed by atoms with Gasteiger partial charge >= 0.3 is 5.97 Å². The fourth-order valence-electron chi connectivity index (χ4n) is 0.732. The Hall–Kier alpha value is -0.430. The summed E-state index contributed by atoms with van der Waals surface area (Å²) in [6.45, 7) is 0. The molecule has 0 bridgehead atoms. The van der Waals surface area contributed by atoms with Crippen LogP contribution in [0.1, 0.15) is 10.5 Å². The highest BCUT2D eigenvalue weighted by molar-refractivity contribution is 14.1. The Morgan fingerprint density at radius 2 is 2.42 bits per heavy atom. The SMILES string of the molecule is COC(=O)c1cc(Cl)c(I)n1N.